The highest BCUT2D eigenvalue weighted by Crippen LogP contribution is 2.41. The number of phenols is 1. The summed E-state index contributed by atoms with van der Waals surface area (Å²) in [5.74, 6) is 0.849. The number of benzene rings is 1. The molecule has 26 heavy (non-hydrogen) atoms. The molecule has 0 amide bonds. The molecular formula is C21H22O5. The highest BCUT2D eigenvalue weighted by Gasteiger charge is 2.25. The van der Waals surface area contributed by atoms with E-state index in [-0.39, 0.29) is 11.7 Å². The molecule has 2 aromatic rings. The lowest BCUT2D eigenvalue weighted by molar-refractivity contribution is -0.131. The predicted molar refractivity (Wildman–Crippen MR) is 99.2 cm³/mol. The zero-order chi connectivity index (χ0) is 18.7. The molecule has 1 aromatic heterocycles. The van der Waals surface area contributed by atoms with Crippen molar-refractivity contribution in [3.63, 3.8) is 0 Å². The van der Waals surface area contributed by atoms with E-state index in [9.17, 15) is 9.90 Å². The maximum atomic E-state index is 10.7. The lowest BCUT2D eigenvalue weighted by atomic mass is 9.84. The lowest BCUT2D eigenvalue weighted by Crippen LogP contribution is -2.06. The normalized spacial score (nSPS) is 18.3. The molecule has 2 N–H and O–H groups in total. The first-order chi connectivity index (χ1) is 12.5. The van der Waals surface area contributed by atoms with Crippen molar-refractivity contribution >= 4 is 16.9 Å². The number of rotatable bonds is 5. The van der Waals surface area contributed by atoms with E-state index in [2.05, 4.69) is 6.08 Å². The zero-order valence-electron chi connectivity index (χ0n) is 14.9. The molecule has 0 saturated carbocycles. The predicted octanol–water partition coefficient (Wildman–Crippen LogP) is 4.68. The Labute approximate surface area is 151 Å². The quantitative estimate of drug-likeness (QED) is 0.463. The SMILES string of the molecule is COC(C=CC(=O)O)=C/C(C)=C/[C@@H]1CCCc2oc3ccc(O)cc3c21. The number of hydrogen-bond donors (Lipinski definition) is 2. The van der Waals surface area contributed by atoms with Crippen LogP contribution in [0.5, 0.6) is 5.75 Å². The summed E-state index contributed by atoms with van der Waals surface area (Å²) in [6.45, 7) is 1.96. The Hall–Kier alpha value is -2.95. The molecule has 0 spiro atoms. The minimum Gasteiger partial charge on any atom is -0.508 e. The average Bonchev–Trinajstić information content (AvgIpc) is 2.97. The number of aliphatic carboxylic acids is 1. The van der Waals surface area contributed by atoms with Crippen molar-refractivity contribution in [2.45, 2.75) is 32.1 Å². The van der Waals surface area contributed by atoms with Crippen LogP contribution in [0.4, 0.5) is 0 Å². The van der Waals surface area contributed by atoms with Crippen LogP contribution in [-0.2, 0) is 16.0 Å². The first kappa shape index (κ1) is 17.9. The summed E-state index contributed by atoms with van der Waals surface area (Å²) >= 11 is 0. The van der Waals surface area contributed by atoms with E-state index in [1.165, 1.54) is 13.2 Å². The van der Waals surface area contributed by atoms with E-state index in [0.717, 1.165) is 53.2 Å². The molecular weight excluding hydrogens is 332 g/mol. The highest BCUT2D eigenvalue weighted by molar-refractivity contribution is 5.85. The van der Waals surface area contributed by atoms with Gasteiger partial charge in [0.2, 0.25) is 0 Å². The summed E-state index contributed by atoms with van der Waals surface area (Å²) in [6, 6.07) is 5.19. The van der Waals surface area contributed by atoms with Gasteiger partial charge in [0.1, 0.15) is 22.9 Å². The maximum Gasteiger partial charge on any atom is 0.328 e. The van der Waals surface area contributed by atoms with E-state index < -0.39 is 5.97 Å². The number of methoxy groups -OCH3 is 1. The summed E-state index contributed by atoms with van der Waals surface area (Å²) < 4.78 is 11.2. The molecule has 0 unspecified atom stereocenters. The van der Waals surface area contributed by atoms with Gasteiger partial charge < -0.3 is 19.4 Å². The Morgan fingerprint density at radius 1 is 1.35 bits per heavy atom. The van der Waals surface area contributed by atoms with E-state index in [4.69, 9.17) is 14.3 Å². The molecule has 0 radical (unpaired) electrons. The molecule has 1 aliphatic carbocycles. The van der Waals surface area contributed by atoms with E-state index in [0.29, 0.717) is 5.76 Å². The van der Waals surface area contributed by atoms with Crippen molar-refractivity contribution in [3.05, 3.63) is 65.2 Å². The largest absolute Gasteiger partial charge is 0.508 e. The first-order valence-electron chi connectivity index (χ1n) is 8.57. The second kappa shape index (κ2) is 7.52. The topological polar surface area (TPSA) is 79.9 Å². The van der Waals surface area contributed by atoms with Gasteiger partial charge in [-0.2, -0.15) is 0 Å². The molecule has 0 bridgehead atoms. The van der Waals surface area contributed by atoms with Gasteiger partial charge in [-0.25, -0.2) is 4.79 Å². The average molecular weight is 354 g/mol. The number of aromatic hydroxyl groups is 1. The standard InChI is InChI=1S/C21H22O5/c1-13(11-16(25-2)7-9-20(23)24)10-14-4-3-5-19-21(14)17-12-15(22)6-8-18(17)26-19/h6-12,14,22H,3-5H2,1-2H3,(H,23,24)/b9-7?,13-10+,16-11?/t14-/m0/s1. The molecule has 3 rings (SSSR count). The van der Waals surface area contributed by atoms with Crippen molar-refractivity contribution in [1.82, 2.24) is 0 Å². The van der Waals surface area contributed by atoms with Crippen molar-refractivity contribution < 1.29 is 24.2 Å². The monoisotopic (exact) mass is 354 g/mol. The third kappa shape index (κ3) is 3.82. The third-order valence-corrected chi connectivity index (χ3v) is 4.54. The fourth-order valence-corrected chi connectivity index (χ4v) is 3.46. The molecule has 1 heterocycles. The van der Waals surface area contributed by atoms with Crippen LogP contribution in [0.15, 0.2) is 58.3 Å². The van der Waals surface area contributed by atoms with E-state index in [1.807, 2.05) is 13.0 Å². The number of ether oxygens (including phenoxy) is 1. The summed E-state index contributed by atoms with van der Waals surface area (Å²) in [6.07, 6.45) is 9.36. The molecule has 1 aromatic carbocycles. The van der Waals surface area contributed by atoms with Gasteiger partial charge in [0, 0.05) is 29.4 Å². The number of carboxylic acid groups (broad SMARTS) is 1. The van der Waals surface area contributed by atoms with Gasteiger partial charge in [-0.15, -0.1) is 0 Å². The number of fused-ring (bicyclic) bond motifs is 3. The van der Waals surface area contributed by atoms with Crippen LogP contribution >= 0.6 is 0 Å². The van der Waals surface area contributed by atoms with Gasteiger partial charge in [-0.3, -0.25) is 0 Å². The number of carbonyl (C=O) groups is 1. The van der Waals surface area contributed by atoms with Crippen LogP contribution in [0.3, 0.4) is 0 Å². The summed E-state index contributed by atoms with van der Waals surface area (Å²) in [5, 5.41) is 19.5. The smallest absolute Gasteiger partial charge is 0.328 e. The van der Waals surface area contributed by atoms with Crippen molar-refractivity contribution in [2.75, 3.05) is 7.11 Å². The lowest BCUT2D eigenvalue weighted by Gasteiger charge is -2.19. The Morgan fingerprint density at radius 2 is 2.15 bits per heavy atom. The van der Waals surface area contributed by atoms with Crippen LogP contribution in [0.25, 0.3) is 11.0 Å². The molecule has 0 saturated heterocycles. The van der Waals surface area contributed by atoms with Crippen LogP contribution in [0, 0.1) is 0 Å². The molecule has 5 nitrogen and oxygen atoms in total. The van der Waals surface area contributed by atoms with E-state index >= 15 is 0 Å². The van der Waals surface area contributed by atoms with Crippen LogP contribution < -0.4 is 0 Å². The van der Waals surface area contributed by atoms with Gasteiger partial charge in [0.05, 0.1) is 7.11 Å². The summed E-state index contributed by atoms with van der Waals surface area (Å²) in [7, 11) is 1.51. The molecule has 0 fully saturated rings. The van der Waals surface area contributed by atoms with Crippen LogP contribution in [0.2, 0.25) is 0 Å². The fourth-order valence-electron chi connectivity index (χ4n) is 3.46. The second-order valence-corrected chi connectivity index (χ2v) is 6.45. The zero-order valence-corrected chi connectivity index (χ0v) is 14.9. The van der Waals surface area contributed by atoms with Crippen LogP contribution in [0.1, 0.15) is 37.0 Å². The number of aryl methyl sites for hydroxylation is 1. The molecule has 1 aliphatic rings. The molecule has 1 atom stereocenters. The number of phenolic OH excluding ortho intramolecular Hbond substituents is 1. The second-order valence-electron chi connectivity index (χ2n) is 6.45. The highest BCUT2D eigenvalue weighted by atomic mass is 16.5. The Balaban J connectivity index is 1.96. The van der Waals surface area contributed by atoms with Crippen LogP contribution in [-0.4, -0.2) is 23.3 Å². The van der Waals surface area contributed by atoms with Gasteiger partial charge >= 0.3 is 5.97 Å². The Kier molecular flexibility index (Phi) is 5.16. The Morgan fingerprint density at radius 3 is 2.88 bits per heavy atom. The van der Waals surface area contributed by atoms with Crippen molar-refractivity contribution in [3.8, 4) is 5.75 Å². The van der Waals surface area contributed by atoms with E-state index in [1.54, 1.807) is 18.2 Å². The minimum absolute atomic E-state index is 0.180. The number of allylic oxidation sites excluding steroid dienone is 4. The van der Waals surface area contributed by atoms with Gasteiger partial charge in [0.15, 0.2) is 0 Å². The third-order valence-electron chi connectivity index (χ3n) is 4.54. The van der Waals surface area contributed by atoms with Crippen molar-refractivity contribution in [2.24, 2.45) is 0 Å². The number of hydrogen-bond acceptors (Lipinski definition) is 4. The Bertz CT molecular complexity index is 914. The summed E-state index contributed by atoms with van der Waals surface area (Å²) in [5.41, 5.74) is 2.91. The van der Waals surface area contributed by atoms with Gasteiger partial charge in [-0.05, 0) is 50.1 Å². The molecule has 136 valence electrons. The number of carboxylic acids is 1. The fraction of sp³-hybridized carbons (Fsp3) is 0.286. The maximum absolute atomic E-state index is 10.7. The minimum atomic E-state index is -1.02. The van der Waals surface area contributed by atoms with Gasteiger partial charge in [-0.1, -0.05) is 11.6 Å². The summed E-state index contributed by atoms with van der Waals surface area (Å²) in [4.78, 5) is 10.7. The molecule has 0 aliphatic heterocycles. The number of furan rings is 1. The first-order valence-corrected chi connectivity index (χ1v) is 8.57. The van der Waals surface area contributed by atoms with Crippen molar-refractivity contribution in [1.29, 1.82) is 0 Å². The molecule has 5 heteroatoms. The van der Waals surface area contributed by atoms with Gasteiger partial charge in [0.25, 0.3) is 0 Å².